The summed E-state index contributed by atoms with van der Waals surface area (Å²) >= 11 is 0. The van der Waals surface area contributed by atoms with E-state index in [0.29, 0.717) is 22.9 Å². The van der Waals surface area contributed by atoms with Crippen molar-refractivity contribution in [2.75, 3.05) is 26.1 Å². The number of hydrogen-bond acceptors (Lipinski definition) is 6. The van der Waals surface area contributed by atoms with Gasteiger partial charge < -0.3 is 24.4 Å². The molecule has 0 saturated heterocycles. The Kier molecular flexibility index (Phi) is 7.49. The minimum absolute atomic E-state index is 0.0449. The Morgan fingerprint density at radius 1 is 1.07 bits per heavy atom. The molecule has 1 amide bonds. The number of oxime groups is 1. The SMILES string of the molecule is COc1ccccc1NC(=O)CO/N=C\c1ccc(OC(C)C)c(OC)c1. The average Bonchev–Trinajstić information content (AvgIpc) is 2.66. The number of carbonyl (C=O) groups excluding carboxylic acids is 1. The van der Waals surface area contributed by atoms with Crippen LogP contribution in [0.3, 0.4) is 0 Å². The standard InChI is InChI=1S/C20H24N2O5/c1-14(2)27-18-10-9-15(11-19(18)25-4)12-21-26-13-20(23)22-16-7-5-6-8-17(16)24-3/h5-12,14H,13H2,1-4H3,(H,22,23)/b21-12-. The molecule has 0 aliphatic rings. The van der Waals surface area contributed by atoms with Crippen LogP contribution in [0.25, 0.3) is 0 Å². The van der Waals surface area contributed by atoms with E-state index in [1.807, 2.05) is 26.0 Å². The highest BCUT2D eigenvalue weighted by Gasteiger charge is 2.08. The summed E-state index contributed by atoms with van der Waals surface area (Å²) in [6.45, 7) is 3.66. The van der Waals surface area contributed by atoms with Crippen molar-refractivity contribution < 1.29 is 23.8 Å². The molecule has 2 aromatic carbocycles. The van der Waals surface area contributed by atoms with Crippen molar-refractivity contribution in [3.8, 4) is 17.2 Å². The molecule has 0 heterocycles. The number of anilines is 1. The first-order valence-corrected chi connectivity index (χ1v) is 8.46. The van der Waals surface area contributed by atoms with Gasteiger partial charge in [0.15, 0.2) is 18.1 Å². The van der Waals surface area contributed by atoms with Crippen LogP contribution in [-0.2, 0) is 9.63 Å². The summed E-state index contributed by atoms with van der Waals surface area (Å²) < 4.78 is 16.2. The monoisotopic (exact) mass is 372 g/mol. The zero-order valence-electron chi connectivity index (χ0n) is 15.9. The summed E-state index contributed by atoms with van der Waals surface area (Å²) in [4.78, 5) is 17.0. The van der Waals surface area contributed by atoms with Gasteiger partial charge in [0.05, 0.1) is 32.2 Å². The van der Waals surface area contributed by atoms with E-state index in [1.54, 1.807) is 37.4 Å². The molecular formula is C20H24N2O5. The number of rotatable bonds is 9. The van der Waals surface area contributed by atoms with Crippen molar-refractivity contribution in [3.05, 3.63) is 48.0 Å². The molecule has 0 aliphatic carbocycles. The van der Waals surface area contributed by atoms with Gasteiger partial charge >= 0.3 is 0 Å². The molecule has 7 heteroatoms. The maximum Gasteiger partial charge on any atom is 0.265 e. The first-order chi connectivity index (χ1) is 13.0. The van der Waals surface area contributed by atoms with E-state index in [4.69, 9.17) is 19.0 Å². The van der Waals surface area contributed by atoms with Gasteiger partial charge in [-0.15, -0.1) is 0 Å². The number of nitrogens with one attached hydrogen (secondary N) is 1. The quantitative estimate of drug-likeness (QED) is 0.539. The molecule has 0 fully saturated rings. The lowest BCUT2D eigenvalue weighted by Gasteiger charge is -2.13. The Morgan fingerprint density at radius 2 is 1.81 bits per heavy atom. The maximum atomic E-state index is 11.9. The maximum absolute atomic E-state index is 11.9. The van der Waals surface area contributed by atoms with E-state index >= 15 is 0 Å². The Bertz CT molecular complexity index is 790. The van der Waals surface area contributed by atoms with Crippen molar-refractivity contribution in [2.24, 2.45) is 5.16 Å². The van der Waals surface area contributed by atoms with Gasteiger partial charge in [-0.1, -0.05) is 17.3 Å². The number of para-hydroxylation sites is 2. The van der Waals surface area contributed by atoms with E-state index in [9.17, 15) is 4.79 Å². The second-order valence-electron chi connectivity index (χ2n) is 5.83. The Hall–Kier alpha value is -3.22. The van der Waals surface area contributed by atoms with Crippen LogP contribution in [0.5, 0.6) is 17.2 Å². The van der Waals surface area contributed by atoms with Crippen LogP contribution in [0.2, 0.25) is 0 Å². The van der Waals surface area contributed by atoms with Crippen LogP contribution in [0.1, 0.15) is 19.4 Å². The van der Waals surface area contributed by atoms with E-state index < -0.39 is 0 Å². The molecule has 0 aromatic heterocycles. The predicted molar refractivity (Wildman–Crippen MR) is 104 cm³/mol. The lowest BCUT2D eigenvalue weighted by Crippen LogP contribution is -2.17. The third kappa shape index (κ3) is 6.22. The van der Waals surface area contributed by atoms with Crippen molar-refractivity contribution in [1.29, 1.82) is 0 Å². The molecule has 0 saturated carbocycles. The van der Waals surface area contributed by atoms with Gasteiger partial charge in [-0.3, -0.25) is 4.79 Å². The number of benzene rings is 2. The van der Waals surface area contributed by atoms with Crippen molar-refractivity contribution in [1.82, 2.24) is 0 Å². The Morgan fingerprint density at radius 3 is 2.52 bits per heavy atom. The van der Waals surface area contributed by atoms with Gasteiger partial charge in [-0.2, -0.15) is 0 Å². The number of amides is 1. The van der Waals surface area contributed by atoms with Crippen LogP contribution < -0.4 is 19.5 Å². The number of methoxy groups -OCH3 is 2. The van der Waals surface area contributed by atoms with E-state index in [2.05, 4.69) is 10.5 Å². The fourth-order valence-electron chi connectivity index (χ4n) is 2.24. The molecule has 0 spiro atoms. The smallest absolute Gasteiger partial charge is 0.265 e. The third-order valence-electron chi connectivity index (χ3n) is 3.40. The molecule has 0 atom stereocenters. The highest BCUT2D eigenvalue weighted by atomic mass is 16.6. The van der Waals surface area contributed by atoms with Gasteiger partial charge in [-0.05, 0) is 44.2 Å². The van der Waals surface area contributed by atoms with E-state index in [1.165, 1.54) is 13.3 Å². The van der Waals surface area contributed by atoms with Crippen LogP contribution in [-0.4, -0.2) is 39.1 Å². The van der Waals surface area contributed by atoms with Crippen LogP contribution in [0, 0.1) is 0 Å². The first-order valence-electron chi connectivity index (χ1n) is 8.46. The van der Waals surface area contributed by atoms with E-state index in [0.717, 1.165) is 5.56 Å². The lowest BCUT2D eigenvalue weighted by atomic mass is 10.2. The minimum atomic E-state index is -0.338. The third-order valence-corrected chi connectivity index (χ3v) is 3.40. The van der Waals surface area contributed by atoms with Crippen molar-refractivity contribution in [2.45, 2.75) is 20.0 Å². The molecule has 144 valence electrons. The molecule has 27 heavy (non-hydrogen) atoms. The van der Waals surface area contributed by atoms with Gasteiger partial charge in [-0.25, -0.2) is 0 Å². The van der Waals surface area contributed by atoms with Crippen LogP contribution >= 0.6 is 0 Å². The Labute approximate surface area is 158 Å². The summed E-state index contributed by atoms with van der Waals surface area (Å²) in [6.07, 6.45) is 1.54. The van der Waals surface area contributed by atoms with Crippen LogP contribution in [0.15, 0.2) is 47.6 Å². The summed E-state index contributed by atoms with van der Waals surface area (Å²) in [5, 5.41) is 6.52. The number of nitrogens with zero attached hydrogens (tertiary/aromatic N) is 1. The van der Waals surface area contributed by atoms with Gasteiger partial charge in [0.25, 0.3) is 5.91 Å². The Balaban J connectivity index is 1.89. The summed E-state index contributed by atoms with van der Waals surface area (Å²) in [5.41, 5.74) is 1.33. The van der Waals surface area contributed by atoms with E-state index in [-0.39, 0.29) is 18.6 Å². The molecule has 0 aliphatic heterocycles. The fraction of sp³-hybridized carbons (Fsp3) is 0.300. The molecule has 0 unspecified atom stereocenters. The molecule has 2 aromatic rings. The lowest BCUT2D eigenvalue weighted by molar-refractivity contribution is -0.120. The molecule has 0 bridgehead atoms. The second-order valence-corrected chi connectivity index (χ2v) is 5.83. The molecule has 7 nitrogen and oxygen atoms in total. The van der Waals surface area contributed by atoms with Gasteiger partial charge in [0.2, 0.25) is 0 Å². The summed E-state index contributed by atoms with van der Waals surface area (Å²) in [5.74, 6) is 1.49. The number of ether oxygens (including phenoxy) is 3. The molecular weight excluding hydrogens is 348 g/mol. The van der Waals surface area contributed by atoms with Gasteiger partial charge in [0.1, 0.15) is 5.75 Å². The molecule has 2 rings (SSSR count). The number of carbonyl (C=O) groups is 1. The van der Waals surface area contributed by atoms with Gasteiger partial charge in [0, 0.05) is 5.56 Å². The summed E-state index contributed by atoms with van der Waals surface area (Å²) in [6, 6.07) is 12.5. The van der Waals surface area contributed by atoms with Crippen LogP contribution in [0.4, 0.5) is 5.69 Å². The highest BCUT2D eigenvalue weighted by Crippen LogP contribution is 2.28. The first kappa shape index (κ1) is 20.1. The van der Waals surface area contributed by atoms with Crippen molar-refractivity contribution in [3.63, 3.8) is 0 Å². The second kappa shape index (κ2) is 10.1. The minimum Gasteiger partial charge on any atom is -0.495 e. The van der Waals surface area contributed by atoms with Crippen molar-refractivity contribution >= 4 is 17.8 Å². The fourth-order valence-corrected chi connectivity index (χ4v) is 2.24. The largest absolute Gasteiger partial charge is 0.495 e. The molecule has 0 radical (unpaired) electrons. The molecule has 1 N–H and O–H groups in total. The normalized spacial score (nSPS) is 10.7. The zero-order chi connectivity index (χ0) is 19.6. The summed E-state index contributed by atoms with van der Waals surface area (Å²) in [7, 11) is 3.11. The predicted octanol–water partition coefficient (Wildman–Crippen LogP) is 3.48. The number of hydrogen-bond donors (Lipinski definition) is 1. The zero-order valence-corrected chi connectivity index (χ0v) is 15.9. The topological polar surface area (TPSA) is 78.4 Å². The average molecular weight is 372 g/mol. The highest BCUT2D eigenvalue weighted by molar-refractivity contribution is 5.93.